The summed E-state index contributed by atoms with van der Waals surface area (Å²) in [7, 11) is -3.40. The fraction of sp³-hybridized carbons (Fsp3) is 0.950. The Balaban J connectivity index is 1.40. The average Bonchev–Trinajstić information content (AvgIpc) is 3.20. The van der Waals surface area contributed by atoms with E-state index in [0.717, 1.165) is 63.6 Å². The molecule has 3 heterocycles. The second-order valence-electron chi connectivity index (χ2n) is 9.16. The highest BCUT2D eigenvalue weighted by atomic mass is 32.2. The molecular formula is C20H38N4O3S. The van der Waals surface area contributed by atoms with Crippen molar-refractivity contribution in [2.24, 2.45) is 17.8 Å². The van der Waals surface area contributed by atoms with Gasteiger partial charge in [0.1, 0.15) is 0 Å². The molecule has 8 heteroatoms. The number of piperidine rings is 2. The Morgan fingerprint density at radius 3 is 2.29 bits per heavy atom. The number of carbonyl (C=O) groups is 1. The van der Waals surface area contributed by atoms with E-state index in [4.69, 9.17) is 0 Å². The molecular weight excluding hydrogens is 376 g/mol. The molecule has 0 spiro atoms. The Labute approximate surface area is 171 Å². The van der Waals surface area contributed by atoms with Crippen LogP contribution >= 0.6 is 0 Å². The largest absolute Gasteiger partial charge is 0.356 e. The van der Waals surface area contributed by atoms with E-state index < -0.39 is 10.2 Å². The highest BCUT2D eigenvalue weighted by molar-refractivity contribution is 7.86. The summed E-state index contributed by atoms with van der Waals surface area (Å²) in [6, 6.07) is 0. The van der Waals surface area contributed by atoms with Crippen LogP contribution in [0.15, 0.2) is 0 Å². The summed E-state index contributed by atoms with van der Waals surface area (Å²) in [6.45, 7) is 10.7. The van der Waals surface area contributed by atoms with Gasteiger partial charge in [0.15, 0.2) is 0 Å². The number of rotatable bonds is 7. The number of likely N-dealkylation sites (tertiary alicyclic amines) is 1. The van der Waals surface area contributed by atoms with Crippen molar-refractivity contribution in [2.45, 2.75) is 52.4 Å². The number of nitrogens with zero attached hydrogens (tertiary/aromatic N) is 3. The third-order valence-electron chi connectivity index (χ3n) is 6.37. The van der Waals surface area contributed by atoms with Crippen LogP contribution in [0.5, 0.6) is 0 Å². The highest BCUT2D eigenvalue weighted by Gasteiger charge is 2.36. The van der Waals surface area contributed by atoms with Gasteiger partial charge in [0.25, 0.3) is 10.2 Å². The van der Waals surface area contributed by atoms with Gasteiger partial charge in [-0.25, -0.2) is 0 Å². The first-order valence-electron chi connectivity index (χ1n) is 11.1. The van der Waals surface area contributed by atoms with E-state index in [1.54, 1.807) is 4.31 Å². The molecule has 3 aliphatic rings. The Morgan fingerprint density at radius 1 is 0.964 bits per heavy atom. The third-order valence-corrected chi connectivity index (χ3v) is 8.37. The molecule has 0 aromatic rings. The predicted molar refractivity (Wildman–Crippen MR) is 111 cm³/mol. The van der Waals surface area contributed by atoms with E-state index in [-0.39, 0.29) is 11.8 Å². The quantitative estimate of drug-likeness (QED) is 0.641. The zero-order valence-corrected chi connectivity index (χ0v) is 18.4. The van der Waals surface area contributed by atoms with Crippen molar-refractivity contribution in [3.63, 3.8) is 0 Å². The first kappa shape index (κ1) is 22.0. The summed E-state index contributed by atoms with van der Waals surface area (Å²) >= 11 is 0. The van der Waals surface area contributed by atoms with Gasteiger partial charge in [-0.1, -0.05) is 13.8 Å². The molecule has 3 saturated heterocycles. The van der Waals surface area contributed by atoms with Crippen LogP contribution in [0.1, 0.15) is 52.4 Å². The van der Waals surface area contributed by atoms with Crippen LogP contribution in [-0.2, 0) is 15.0 Å². The fourth-order valence-electron chi connectivity index (χ4n) is 5.08. The third kappa shape index (κ3) is 5.68. The van der Waals surface area contributed by atoms with Gasteiger partial charge in [0.05, 0.1) is 5.92 Å². The first-order valence-corrected chi connectivity index (χ1v) is 12.5. The van der Waals surface area contributed by atoms with Crippen LogP contribution in [0.4, 0.5) is 0 Å². The van der Waals surface area contributed by atoms with Crippen molar-refractivity contribution in [3.8, 4) is 0 Å². The smallest absolute Gasteiger partial charge is 0.281 e. The normalized spacial score (nSPS) is 31.1. The molecule has 1 N–H and O–H groups in total. The molecule has 0 bridgehead atoms. The number of hydrogen-bond donors (Lipinski definition) is 1. The standard InChI is InChI=1S/C20H38N4O3S/c1-17-13-18(2)15-22(14-17)9-6-8-21-20(25)19-7-5-12-24(16-19)28(26,27)23-10-3-4-11-23/h17-19H,3-16H2,1-2H3,(H,21,25)/t17-,18-,19+/m1/s1. The maximum absolute atomic E-state index is 12.8. The first-order chi connectivity index (χ1) is 13.4. The zero-order chi connectivity index (χ0) is 20.1. The summed E-state index contributed by atoms with van der Waals surface area (Å²) < 4.78 is 28.6. The Hall–Kier alpha value is -0.700. The zero-order valence-electron chi connectivity index (χ0n) is 17.6. The molecule has 0 aromatic heterocycles. The molecule has 3 aliphatic heterocycles. The van der Waals surface area contributed by atoms with E-state index in [1.165, 1.54) is 10.7 Å². The summed E-state index contributed by atoms with van der Waals surface area (Å²) in [6.07, 6.45) is 5.67. The Morgan fingerprint density at radius 2 is 1.61 bits per heavy atom. The molecule has 3 atom stereocenters. The number of hydrogen-bond acceptors (Lipinski definition) is 4. The maximum atomic E-state index is 12.8. The lowest BCUT2D eigenvalue weighted by Crippen LogP contribution is -2.50. The number of carbonyl (C=O) groups excluding carboxylic acids is 1. The maximum Gasteiger partial charge on any atom is 0.281 e. The van der Waals surface area contributed by atoms with E-state index in [0.29, 0.717) is 32.7 Å². The Kier molecular flexibility index (Phi) is 7.75. The predicted octanol–water partition coefficient (Wildman–Crippen LogP) is 1.52. The summed E-state index contributed by atoms with van der Waals surface area (Å²) in [5.74, 6) is 1.30. The second-order valence-corrected chi connectivity index (χ2v) is 11.1. The molecule has 0 aromatic carbocycles. The van der Waals surface area contributed by atoms with Gasteiger partial charge in [-0.05, 0) is 56.9 Å². The average molecular weight is 415 g/mol. The van der Waals surface area contributed by atoms with Gasteiger partial charge in [0.2, 0.25) is 5.91 Å². The van der Waals surface area contributed by atoms with Crippen LogP contribution in [0, 0.1) is 17.8 Å². The molecule has 0 unspecified atom stereocenters. The molecule has 28 heavy (non-hydrogen) atoms. The van der Waals surface area contributed by atoms with Gasteiger partial charge >= 0.3 is 0 Å². The molecule has 0 radical (unpaired) electrons. The van der Waals surface area contributed by atoms with Crippen molar-refractivity contribution in [3.05, 3.63) is 0 Å². The van der Waals surface area contributed by atoms with Crippen LogP contribution in [0.25, 0.3) is 0 Å². The minimum atomic E-state index is -3.40. The monoisotopic (exact) mass is 414 g/mol. The minimum Gasteiger partial charge on any atom is -0.356 e. The van der Waals surface area contributed by atoms with Gasteiger partial charge in [-0.3, -0.25) is 4.79 Å². The van der Waals surface area contributed by atoms with Gasteiger partial charge < -0.3 is 10.2 Å². The van der Waals surface area contributed by atoms with Crippen LogP contribution in [0.2, 0.25) is 0 Å². The highest BCUT2D eigenvalue weighted by Crippen LogP contribution is 2.24. The van der Waals surface area contributed by atoms with Crippen LogP contribution in [-0.4, -0.2) is 80.2 Å². The van der Waals surface area contributed by atoms with Crippen molar-refractivity contribution < 1.29 is 13.2 Å². The second kappa shape index (κ2) is 9.87. The molecule has 3 rings (SSSR count). The lowest BCUT2D eigenvalue weighted by Gasteiger charge is -2.35. The molecule has 0 saturated carbocycles. The summed E-state index contributed by atoms with van der Waals surface area (Å²) in [5.41, 5.74) is 0. The lowest BCUT2D eigenvalue weighted by molar-refractivity contribution is -0.126. The van der Waals surface area contributed by atoms with Crippen LogP contribution in [0.3, 0.4) is 0 Å². The van der Waals surface area contributed by atoms with Crippen molar-refractivity contribution in [2.75, 3.05) is 52.4 Å². The number of nitrogens with one attached hydrogen (secondary N) is 1. The topological polar surface area (TPSA) is 73.0 Å². The molecule has 1 amide bonds. The lowest BCUT2D eigenvalue weighted by atomic mass is 9.92. The van der Waals surface area contributed by atoms with Crippen molar-refractivity contribution in [1.82, 2.24) is 18.8 Å². The summed E-state index contributed by atoms with van der Waals surface area (Å²) in [5, 5.41) is 3.06. The van der Waals surface area contributed by atoms with Crippen molar-refractivity contribution >= 4 is 16.1 Å². The van der Waals surface area contributed by atoms with E-state index in [2.05, 4.69) is 24.1 Å². The van der Waals surface area contributed by atoms with Crippen LogP contribution < -0.4 is 5.32 Å². The van der Waals surface area contributed by atoms with E-state index in [9.17, 15) is 13.2 Å². The Bertz CT molecular complexity index is 611. The molecule has 3 fully saturated rings. The SMILES string of the molecule is C[C@@H]1C[C@@H](C)CN(CCCNC(=O)[C@H]2CCCN(S(=O)(=O)N3CCCC3)C2)C1. The van der Waals surface area contributed by atoms with Crippen molar-refractivity contribution in [1.29, 1.82) is 0 Å². The molecule has 162 valence electrons. The fourth-order valence-corrected chi connectivity index (χ4v) is 6.86. The molecule has 0 aliphatic carbocycles. The summed E-state index contributed by atoms with van der Waals surface area (Å²) in [4.78, 5) is 15.1. The number of amides is 1. The van der Waals surface area contributed by atoms with Gasteiger partial charge in [-0.15, -0.1) is 0 Å². The van der Waals surface area contributed by atoms with E-state index in [1.807, 2.05) is 0 Å². The molecule has 7 nitrogen and oxygen atoms in total. The van der Waals surface area contributed by atoms with Gasteiger partial charge in [-0.2, -0.15) is 17.0 Å². The van der Waals surface area contributed by atoms with E-state index >= 15 is 0 Å². The minimum absolute atomic E-state index is 0.0155. The van der Waals surface area contributed by atoms with Gasteiger partial charge in [0, 0.05) is 45.8 Å².